The summed E-state index contributed by atoms with van der Waals surface area (Å²) >= 11 is 5.02. The van der Waals surface area contributed by atoms with E-state index in [2.05, 4.69) is 43.6 Å². The molecule has 0 aliphatic rings. The molecule has 0 atom stereocenters. The predicted octanol–water partition coefficient (Wildman–Crippen LogP) is 4.78. The minimum atomic E-state index is -0.194. The van der Waals surface area contributed by atoms with Gasteiger partial charge < -0.3 is 5.32 Å². The van der Waals surface area contributed by atoms with Gasteiger partial charge in [-0.05, 0) is 42.0 Å². The van der Waals surface area contributed by atoms with Crippen molar-refractivity contribution in [1.29, 1.82) is 0 Å². The standard InChI is InChI=1S/C18H14BrN3OS/c19-15-8-6-13(7-9-15)12-24-17-11-10-16(21-22-17)20-18(23)14-4-2-1-3-5-14/h1-11H,12H2,(H,20,21,23). The molecule has 0 aliphatic heterocycles. The number of anilines is 1. The van der Waals surface area contributed by atoms with E-state index in [0.717, 1.165) is 15.3 Å². The quantitative estimate of drug-likeness (QED) is 0.626. The number of benzene rings is 2. The van der Waals surface area contributed by atoms with Crippen LogP contribution in [0.15, 0.2) is 76.2 Å². The van der Waals surface area contributed by atoms with Crippen LogP contribution in [0.5, 0.6) is 0 Å². The van der Waals surface area contributed by atoms with Crippen molar-refractivity contribution in [2.45, 2.75) is 10.8 Å². The van der Waals surface area contributed by atoms with Gasteiger partial charge in [0, 0.05) is 15.8 Å². The van der Waals surface area contributed by atoms with Crippen LogP contribution in [-0.4, -0.2) is 16.1 Å². The van der Waals surface area contributed by atoms with Crippen molar-refractivity contribution in [3.63, 3.8) is 0 Å². The first-order valence-corrected chi connectivity index (χ1v) is 9.06. The van der Waals surface area contributed by atoms with E-state index in [4.69, 9.17) is 0 Å². The van der Waals surface area contributed by atoms with Crippen molar-refractivity contribution >= 4 is 39.4 Å². The molecule has 24 heavy (non-hydrogen) atoms. The number of nitrogens with one attached hydrogen (secondary N) is 1. The Morgan fingerprint density at radius 1 is 0.958 bits per heavy atom. The zero-order valence-corrected chi connectivity index (χ0v) is 15.0. The highest BCUT2D eigenvalue weighted by atomic mass is 79.9. The van der Waals surface area contributed by atoms with Gasteiger partial charge in [-0.2, -0.15) is 0 Å². The summed E-state index contributed by atoms with van der Waals surface area (Å²) in [5.74, 6) is 1.06. The number of hydrogen-bond acceptors (Lipinski definition) is 4. The Labute approximate surface area is 152 Å². The molecule has 0 bridgehead atoms. The fraction of sp³-hybridized carbons (Fsp3) is 0.0556. The molecule has 3 rings (SSSR count). The molecule has 1 heterocycles. The molecular formula is C18H14BrN3OS. The number of nitrogens with zero attached hydrogens (tertiary/aromatic N) is 2. The van der Waals surface area contributed by atoms with Gasteiger partial charge in [0.15, 0.2) is 5.82 Å². The number of aromatic nitrogens is 2. The molecule has 3 aromatic rings. The smallest absolute Gasteiger partial charge is 0.256 e. The largest absolute Gasteiger partial charge is 0.305 e. The summed E-state index contributed by atoms with van der Waals surface area (Å²) in [6, 6.07) is 20.8. The molecule has 6 heteroatoms. The van der Waals surface area contributed by atoms with Gasteiger partial charge >= 0.3 is 0 Å². The minimum absolute atomic E-state index is 0.194. The van der Waals surface area contributed by atoms with Crippen molar-refractivity contribution < 1.29 is 4.79 Å². The van der Waals surface area contributed by atoms with Crippen LogP contribution in [0.4, 0.5) is 5.82 Å². The fourth-order valence-corrected chi connectivity index (χ4v) is 3.01. The van der Waals surface area contributed by atoms with Crippen molar-refractivity contribution in [3.8, 4) is 0 Å². The third kappa shape index (κ3) is 4.66. The summed E-state index contributed by atoms with van der Waals surface area (Å²) in [5.41, 5.74) is 1.81. The van der Waals surface area contributed by atoms with E-state index in [1.165, 1.54) is 5.56 Å². The summed E-state index contributed by atoms with van der Waals surface area (Å²) < 4.78 is 1.06. The minimum Gasteiger partial charge on any atom is -0.305 e. The normalized spacial score (nSPS) is 10.4. The lowest BCUT2D eigenvalue weighted by Crippen LogP contribution is -2.13. The second-order valence-corrected chi connectivity index (χ2v) is 6.90. The lowest BCUT2D eigenvalue weighted by Gasteiger charge is -2.05. The summed E-state index contributed by atoms with van der Waals surface area (Å²) in [5, 5.41) is 11.8. The maximum atomic E-state index is 12.0. The molecule has 0 saturated heterocycles. The van der Waals surface area contributed by atoms with Crippen molar-refractivity contribution in [2.24, 2.45) is 0 Å². The van der Waals surface area contributed by atoms with Crippen LogP contribution in [-0.2, 0) is 5.75 Å². The fourth-order valence-electron chi connectivity index (χ4n) is 1.98. The highest BCUT2D eigenvalue weighted by Crippen LogP contribution is 2.22. The average molecular weight is 400 g/mol. The average Bonchev–Trinajstić information content (AvgIpc) is 2.63. The van der Waals surface area contributed by atoms with E-state index in [9.17, 15) is 4.79 Å². The number of carbonyl (C=O) groups is 1. The molecule has 0 spiro atoms. The Balaban J connectivity index is 1.57. The molecule has 0 fully saturated rings. The molecule has 2 aromatic carbocycles. The lowest BCUT2D eigenvalue weighted by molar-refractivity contribution is 0.102. The predicted molar refractivity (Wildman–Crippen MR) is 100 cm³/mol. The van der Waals surface area contributed by atoms with Crippen molar-refractivity contribution in [3.05, 3.63) is 82.3 Å². The number of carbonyl (C=O) groups excluding carboxylic acids is 1. The zero-order valence-electron chi connectivity index (χ0n) is 12.6. The summed E-state index contributed by atoms with van der Waals surface area (Å²) in [7, 11) is 0. The first kappa shape index (κ1) is 16.7. The Kier molecular flexibility index (Phi) is 5.61. The van der Waals surface area contributed by atoms with Gasteiger partial charge in [0.2, 0.25) is 0 Å². The molecule has 0 unspecified atom stereocenters. The molecular weight excluding hydrogens is 386 g/mol. The highest BCUT2D eigenvalue weighted by molar-refractivity contribution is 9.10. The molecule has 1 N–H and O–H groups in total. The van der Waals surface area contributed by atoms with Crippen LogP contribution in [0.25, 0.3) is 0 Å². The van der Waals surface area contributed by atoms with Crippen molar-refractivity contribution in [1.82, 2.24) is 10.2 Å². The van der Waals surface area contributed by atoms with Crippen LogP contribution in [0.3, 0.4) is 0 Å². The maximum Gasteiger partial charge on any atom is 0.256 e. The number of hydrogen-bond donors (Lipinski definition) is 1. The molecule has 120 valence electrons. The van der Waals surface area contributed by atoms with E-state index >= 15 is 0 Å². The Bertz CT molecular complexity index is 808. The first-order valence-electron chi connectivity index (χ1n) is 7.28. The SMILES string of the molecule is O=C(Nc1ccc(SCc2ccc(Br)cc2)nn1)c1ccccc1. The topological polar surface area (TPSA) is 54.9 Å². The Morgan fingerprint density at radius 2 is 1.71 bits per heavy atom. The van der Waals surface area contributed by atoms with Crippen LogP contribution in [0.2, 0.25) is 0 Å². The molecule has 1 aromatic heterocycles. The van der Waals surface area contributed by atoms with E-state index < -0.39 is 0 Å². The molecule has 0 saturated carbocycles. The Morgan fingerprint density at radius 3 is 2.38 bits per heavy atom. The highest BCUT2D eigenvalue weighted by Gasteiger charge is 2.06. The van der Waals surface area contributed by atoms with Crippen molar-refractivity contribution in [2.75, 3.05) is 5.32 Å². The van der Waals surface area contributed by atoms with Gasteiger partial charge in [-0.15, -0.1) is 10.2 Å². The second-order valence-electron chi connectivity index (χ2n) is 4.99. The third-order valence-corrected chi connectivity index (χ3v) is 4.74. The van der Waals surface area contributed by atoms with Crippen LogP contribution >= 0.6 is 27.7 Å². The van der Waals surface area contributed by atoms with Crippen LogP contribution in [0.1, 0.15) is 15.9 Å². The molecule has 0 radical (unpaired) electrons. The van der Waals surface area contributed by atoms with Gasteiger partial charge in [-0.3, -0.25) is 4.79 Å². The second kappa shape index (κ2) is 8.08. The Hall–Kier alpha value is -2.18. The van der Waals surface area contributed by atoms with E-state index in [1.54, 1.807) is 30.0 Å². The van der Waals surface area contributed by atoms with Gasteiger partial charge in [0.05, 0.1) is 0 Å². The van der Waals surface area contributed by atoms with Crippen LogP contribution < -0.4 is 5.32 Å². The van der Waals surface area contributed by atoms with Gasteiger partial charge in [0.25, 0.3) is 5.91 Å². The maximum absolute atomic E-state index is 12.0. The summed E-state index contributed by atoms with van der Waals surface area (Å²) in [6.07, 6.45) is 0. The van der Waals surface area contributed by atoms with Gasteiger partial charge in [-0.25, -0.2) is 0 Å². The van der Waals surface area contributed by atoms with Gasteiger partial charge in [0.1, 0.15) is 5.03 Å². The number of rotatable bonds is 5. The van der Waals surface area contributed by atoms with Gasteiger partial charge in [-0.1, -0.05) is 58.0 Å². The summed E-state index contributed by atoms with van der Waals surface area (Å²) in [4.78, 5) is 12.0. The number of amides is 1. The third-order valence-electron chi connectivity index (χ3n) is 3.22. The first-order chi connectivity index (χ1) is 11.7. The van der Waals surface area contributed by atoms with E-state index in [1.807, 2.05) is 36.4 Å². The van der Waals surface area contributed by atoms with E-state index in [0.29, 0.717) is 11.4 Å². The van der Waals surface area contributed by atoms with Crippen LogP contribution in [0, 0.1) is 0 Å². The monoisotopic (exact) mass is 399 g/mol. The number of halogens is 1. The number of thioether (sulfide) groups is 1. The molecule has 0 aliphatic carbocycles. The molecule has 1 amide bonds. The summed E-state index contributed by atoms with van der Waals surface area (Å²) in [6.45, 7) is 0. The lowest BCUT2D eigenvalue weighted by atomic mass is 10.2. The van der Waals surface area contributed by atoms with E-state index in [-0.39, 0.29) is 5.91 Å². The zero-order chi connectivity index (χ0) is 16.8. The molecule has 4 nitrogen and oxygen atoms in total.